The summed E-state index contributed by atoms with van der Waals surface area (Å²) in [5, 5.41) is 2.78. The number of carbonyl (C=O) groups excluding carboxylic acids is 3. The number of aromatic nitrogens is 2. The maximum atomic E-state index is 16.0. The van der Waals surface area contributed by atoms with Crippen LogP contribution < -0.4 is 14.8 Å². The molecule has 0 radical (unpaired) electrons. The summed E-state index contributed by atoms with van der Waals surface area (Å²) >= 11 is 0. The number of amides is 2. The number of carbonyl (C=O) groups is 3. The van der Waals surface area contributed by atoms with Crippen molar-refractivity contribution in [3.63, 3.8) is 0 Å². The molecule has 6 atom stereocenters. The number of aldehydes is 1. The molecule has 11 nitrogen and oxygen atoms in total. The monoisotopic (exact) mass is 646 g/mol. The standard InChI is InChI=1S/C33H44F2N4O7/c1-7-21-24(17-40)39-16-25(21)45-28-26(36-22-11-10-20(43-6)15-23(22)37-28)33(34,35)13-14-44-18-19-9-8-12-32(19,5)46-30(42)38-27(29(39)41)31(2,3)4/h10-11,15,17,19,21,24-25,27H,7-9,12-14,16,18H2,1-6H3,(H,38,42)/t19-,21-,24+,25-,27+,32+/m0/s1. The molecule has 3 aliphatic rings. The normalized spacial score (nSPS) is 30.7. The van der Waals surface area contributed by atoms with Crippen LogP contribution in [0.25, 0.3) is 11.0 Å². The number of hydrogen-bond donors (Lipinski definition) is 1. The fourth-order valence-electron chi connectivity index (χ4n) is 6.87. The topological polar surface area (TPSA) is 129 Å². The number of nitrogens with one attached hydrogen (secondary N) is 1. The minimum absolute atomic E-state index is 0.0875. The zero-order chi connectivity index (χ0) is 33.4. The van der Waals surface area contributed by atoms with Crippen LogP contribution in [0.5, 0.6) is 11.6 Å². The van der Waals surface area contributed by atoms with Crippen LogP contribution in [-0.4, -0.2) is 83.8 Å². The second-order valence-corrected chi connectivity index (χ2v) is 13.8. The Kier molecular flexibility index (Phi) is 9.45. The van der Waals surface area contributed by atoms with Crippen LogP contribution >= 0.6 is 0 Å². The number of halogens is 2. The van der Waals surface area contributed by atoms with Gasteiger partial charge in [-0.2, -0.15) is 8.78 Å². The molecule has 0 spiro atoms. The number of alkyl carbamates (subject to hydrolysis) is 1. The van der Waals surface area contributed by atoms with Crippen molar-refractivity contribution < 1.29 is 42.1 Å². The van der Waals surface area contributed by atoms with Gasteiger partial charge in [0.05, 0.1) is 43.9 Å². The summed E-state index contributed by atoms with van der Waals surface area (Å²) in [5.41, 5.74) is -1.80. The molecule has 1 saturated heterocycles. The van der Waals surface area contributed by atoms with Crippen molar-refractivity contribution >= 4 is 29.3 Å². The molecule has 1 N–H and O–H groups in total. The lowest BCUT2D eigenvalue weighted by molar-refractivity contribution is -0.139. The van der Waals surface area contributed by atoms with E-state index in [4.69, 9.17) is 18.9 Å². The van der Waals surface area contributed by atoms with Gasteiger partial charge >= 0.3 is 6.09 Å². The van der Waals surface area contributed by atoms with Crippen molar-refractivity contribution in [2.24, 2.45) is 17.3 Å². The molecule has 0 unspecified atom stereocenters. The predicted molar refractivity (Wildman–Crippen MR) is 164 cm³/mol. The number of alkyl halides is 2. The van der Waals surface area contributed by atoms with Crippen LogP contribution in [0.3, 0.4) is 0 Å². The van der Waals surface area contributed by atoms with Crippen LogP contribution in [-0.2, 0) is 25.0 Å². The molecule has 2 amide bonds. The van der Waals surface area contributed by atoms with Gasteiger partial charge in [-0.25, -0.2) is 14.8 Å². The molecule has 2 aromatic rings. The molecular weight excluding hydrogens is 602 g/mol. The minimum Gasteiger partial charge on any atom is -0.497 e. The first kappa shape index (κ1) is 33.7. The predicted octanol–water partition coefficient (Wildman–Crippen LogP) is 5.03. The van der Waals surface area contributed by atoms with E-state index in [1.165, 1.54) is 12.0 Å². The zero-order valence-corrected chi connectivity index (χ0v) is 27.3. The summed E-state index contributed by atoms with van der Waals surface area (Å²) in [5.74, 6) is -4.68. The molecule has 13 heteroatoms. The largest absolute Gasteiger partial charge is 0.497 e. The Balaban J connectivity index is 1.60. The van der Waals surface area contributed by atoms with Gasteiger partial charge in [-0.1, -0.05) is 27.7 Å². The number of fused-ring (bicyclic) bond motifs is 5. The highest BCUT2D eigenvalue weighted by atomic mass is 19.3. The van der Waals surface area contributed by atoms with E-state index < -0.39 is 65.2 Å². The molecule has 2 bridgehead atoms. The number of nitrogens with zero attached hydrogens (tertiary/aromatic N) is 3. The first-order chi connectivity index (χ1) is 21.7. The lowest BCUT2D eigenvalue weighted by Crippen LogP contribution is -2.57. The van der Waals surface area contributed by atoms with E-state index in [0.717, 1.165) is 6.42 Å². The fourth-order valence-corrected chi connectivity index (χ4v) is 6.87. The molecule has 5 rings (SSSR count). The number of methoxy groups -OCH3 is 1. The third-order valence-corrected chi connectivity index (χ3v) is 9.67. The fraction of sp³-hybridized carbons (Fsp3) is 0.667. The van der Waals surface area contributed by atoms with Crippen molar-refractivity contribution in [1.29, 1.82) is 0 Å². The van der Waals surface area contributed by atoms with E-state index >= 15 is 8.78 Å². The van der Waals surface area contributed by atoms with Crippen molar-refractivity contribution in [1.82, 2.24) is 20.2 Å². The number of ether oxygens (including phenoxy) is 4. The van der Waals surface area contributed by atoms with Gasteiger partial charge in [0, 0.05) is 24.3 Å². The van der Waals surface area contributed by atoms with Crippen LogP contribution in [0, 0.1) is 17.3 Å². The number of benzene rings is 1. The highest BCUT2D eigenvalue weighted by Crippen LogP contribution is 2.42. The van der Waals surface area contributed by atoms with Gasteiger partial charge in [0.1, 0.15) is 29.8 Å². The highest BCUT2D eigenvalue weighted by Gasteiger charge is 2.50. The van der Waals surface area contributed by atoms with Crippen LogP contribution in [0.1, 0.15) is 72.4 Å². The molecule has 2 aliphatic heterocycles. The molecule has 1 aromatic carbocycles. The van der Waals surface area contributed by atoms with Gasteiger partial charge < -0.3 is 34.0 Å². The lowest BCUT2D eigenvalue weighted by atomic mass is 9.85. The quantitative estimate of drug-likeness (QED) is 0.457. The van der Waals surface area contributed by atoms with E-state index in [-0.39, 0.29) is 42.6 Å². The minimum atomic E-state index is -3.49. The number of hydrogen-bond acceptors (Lipinski definition) is 9. The van der Waals surface area contributed by atoms with Crippen molar-refractivity contribution in [2.45, 2.75) is 96.4 Å². The third-order valence-electron chi connectivity index (χ3n) is 9.67. The van der Waals surface area contributed by atoms with Gasteiger partial charge in [-0.3, -0.25) is 4.79 Å². The van der Waals surface area contributed by atoms with Gasteiger partial charge in [-0.05, 0) is 50.2 Å². The summed E-state index contributed by atoms with van der Waals surface area (Å²) < 4.78 is 55.3. The van der Waals surface area contributed by atoms with Crippen molar-refractivity contribution in [3.8, 4) is 11.6 Å². The Bertz CT molecular complexity index is 1470. The van der Waals surface area contributed by atoms with Crippen LogP contribution in [0.15, 0.2) is 18.2 Å². The second kappa shape index (κ2) is 12.9. The van der Waals surface area contributed by atoms with Crippen molar-refractivity contribution in [2.75, 3.05) is 26.9 Å². The van der Waals surface area contributed by atoms with Gasteiger partial charge in [-0.15, -0.1) is 0 Å². The Hall–Kier alpha value is -3.61. The first-order valence-electron chi connectivity index (χ1n) is 15.9. The Morgan fingerprint density at radius 2 is 1.93 bits per heavy atom. The molecular formula is C33H44F2N4O7. The Morgan fingerprint density at radius 3 is 2.61 bits per heavy atom. The second-order valence-electron chi connectivity index (χ2n) is 13.8. The Morgan fingerprint density at radius 1 is 1.17 bits per heavy atom. The Labute approximate surface area is 267 Å². The molecule has 252 valence electrons. The summed E-state index contributed by atoms with van der Waals surface area (Å²) in [6.07, 6.45) is 0.777. The van der Waals surface area contributed by atoms with E-state index in [1.807, 2.05) is 6.92 Å². The average Bonchev–Trinajstić information content (AvgIpc) is 3.54. The molecule has 1 aromatic heterocycles. The van der Waals surface area contributed by atoms with Gasteiger partial charge in [0.2, 0.25) is 11.8 Å². The van der Waals surface area contributed by atoms with Crippen LogP contribution in [0.4, 0.5) is 13.6 Å². The van der Waals surface area contributed by atoms with E-state index in [0.29, 0.717) is 31.3 Å². The average molecular weight is 647 g/mol. The SMILES string of the molecule is CC[C@@H]1[C@@H]2CN(C(=O)[C@H](C(C)(C)C)NC(=O)O[C@]3(C)CCC[C@H]3COCCC(F)(F)c3nc4ccc(OC)cc4nc3O2)[C@@H]1C=O. The van der Waals surface area contributed by atoms with E-state index in [1.54, 1.807) is 45.9 Å². The number of rotatable bonds is 3. The highest BCUT2D eigenvalue weighted by molar-refractivity contribution is 5.89. The van der Waals surface area contributed by atoms with Crippen LogP contribution in [0.2, 0.25) is 0 Å². The smallest absolute Gasteiger partial charge is 0.408 e. The molecule has 2 fully saturated rings. The van der Waals surface area contributed by atoms with E-state index in [2.05, 4.69) is 15.3 Å². The summed E-state index contributed by atoms with van der Waals surface area (Å²) in [6, 6.07) is 2.76. The summed E-state index contributed by atoms with van der Waals surface area (Å²) in [4.78, 5) is 50.2. The molecule has 46 heavy (non-hydrogen) atoms. The first-order valence-corrected chi connectivity index (χ1v) is 15.9. The molecule has 1 saturated carbocycles. The van der Waals surface area contributed by atoms with Gasteiger partial charge in [0.25, 0.3) is 5.92 Å². The van der Waals surface area contributed by atoms with Crippen molar-refractivity contribution in [3.05, 3.63) is 23.9 Å². The zero-order valence-electron chi connectivity index (χ0n) is 27.3. The lowest BCUT2D eigenvalue weighted by Gasteiger charge is -2.36. The maximum Gasteiger partial charge on any atom is 0.408 e. The molecule has 3 heterocycles. The van der Waals surface area contributed by atoms with E-state index in [9.17, 15) is 14.4 Å². The summed E-state index contributed by atoms with van der Waals surface area (Å²) in [6.45, 7) is 8.80. The maximum absolute atomic E-state index is 16.0. The van der Waals surface area contributed by atoms with Gasteiger partial charge in [0.15, 0.2) is 5.69 Å². The summed E-state index contributed by atoms with van der Waals surface area (Å²) in [7, 11) is 1.48. The molecule has 1 aliphatic carbocycles. The third kappa shape index (κ3) is 6.61.